The maximum Gasteiger partial charge on any atom is 0.261 e. The number of rotatable bonds is 9. The SMILES string of the molecule is O=C(CCCNC(=O)c1cccs1)NCc1ccc(CN2CCc3ccccc32)cc1. The van der Waals surface area contributed by atoms with Crippen LogP contribution in [-0.2, 0) is 24.3 Å². The third kappa shape index (κ3) is 5.73. The van der Waals surface area contributed by atoms with Crippen LogP contribution in [0.5, 0.6) is 0 Å². The van der Waals surface area contributed by atoms with Crippen molar-refractivity contribution < 1.29 is 9.59 Å². The number of fused-ring (bicyclic) bond motifs is 1. The lowest BCUT2D eigenvalue weighted by Crippen LogP contribution is -2.27. The van der Waals surface area contributed by atoms with E-state index in [0.717, 1.165) is 25.1 Å². The molecule has 0 radical (unpaired) electrons. The standard InChI is InChI=1S/C25H27N3O2S/c29-24(8-3-14-26-25(30)23-7-4-16-31-23)27-17-19-9-11-20(12-10-19)18-28-15-13-21-5-1-2-6-22(21)28/h1-2,4-7,9-12,16H,3,8,13-15,17-18H2,(H,26,30)(H,27,29). The molecule has 1 aliphatic heterocycles. The Kier molecular flexibility index (Phi) is 6.99. The van der Waals surface area contributed by atoms with Crippen molar-refractivity contribution in [3.63, 3.8) is 0 Å². The Hall–Kier alpha value is -3.12. The molecule has 2 amide bonds. The smallest absolute Gasteiger partial charge is 0.261 e. The quantitative estimate of drug-likeness (QED) is 0.499. The Morgan fingerprint density at radius 2 is 1.74 bits per heavy atom. The van der Waals surface area contributed by atoms with E-state index in [-0.39, 0.29) is 11.8 Å². The normalized spacial score (nSPS) is 12.5. The van der Waals surface area contributed by atoms with E-state index >= 15 is 0 Å². The summed E-state index contributed by atoms with van der Waals surface area (Å²) in [4.78, 5) is 27.0. The Bertz CT molecular complexity index is 1020. The zero-order valence-electron chi connectivity index (χ0n) is 17.5. The monoisotopic (exact) mass is 433 g/mol. The highest BCUT2D eigenvalue weighted by Gasteiger charge is 2.18. The van der Waals surface area contributed by atoms with Crippen molar-refractivity contribution in [2.75, 3.05) is 18.0 Å². The third-order valence-corrected chi connectivity index (χ3v) is 6.35. The van der Waals surface area contributed by atoms with Crippen molar-refractivity contribution in [1.29, 1.82) is 0 Å². The average Bonchev–Trinajstić information content (AvgIpc) is 3.47. The molecule has 160 valence electrons. The number of thiophene rings is 1. The first kappa shape index (κ1) is 21.1. The Morgan fingerprint density at radius 3 is 2.55 bits per heavy atom. The number of hydrogen-bond acceptors (Lipinski definition) is 4. The average molecular weight is 434 g/mol. The number of nitrogens with one attached hydrogen (secondary N) is 2. The second-order valence-corrected chi connectivity index (χ2v) is 8.68. The molecular weight excluding hydrogens is 406 g/mol. The van der Waals surface area contributed by atoms with Gasteiger partial charge in [0.25, 0.3) is 5.91 Å². The number of carbonyl (C=O) groups excluding carboxylic acids is 2. The molecular formula is C25H27N3O2S. The van der Waals surface area contributed by atoms with Crippen LogP contribution in [0.2, 0.25) is 0 Å². The van der Waals surface area contributed by atoms with E-state index in [9.17, 15) is 9.59 Å². The van der Waals surface area contributed by atoms with Crippen LogP contribution < -0.4 is 15.5 Å². The number of nitrogens with zero attached hydrogens (tertiary/aromatic N) is 1. The fourth-order valence-corrected chi connectivity index (χ4v) is 4.43. The zero-order valence-corrected chi connectivity index (χ0v) is 18.3. The molecule has 4 rings (SSSR count). The molecule has 1 aromatic heterocycles. The first-order valence-electron chi connectivity index (χ1n) is 10.7. The van der Waals surface area contributed by atoms with Crippen molar-refractivity contribution in [1.82, 2.24) is 10.6 Å². The lowest BCUT2D eigenvalue weighted by molar-refractivity contribution is -0.121. The van der Waals surface area contributed by atoms with Crippen LogP contribution in [0.1, 0.15) is 39.2 Å². The third-order valence-electron chi connectivity index (χ3n) is 5.48. The Morgan fingerprint density at radius 1 is 0.935 bits per heavy atom. The van der Waals surface area contributed by atoms with Crippen LogP contribution in [0, 0.1) is 0 Å². The summed E-state index contributed by atoms with van der Waals surface area (Å²) in [6, 6.07) is 20.7. The second kappa shape index (κ2) is 10.3. The summed E-state index contributed by atoms with van der Waals surface area (Å²) in [7, 11) is 0. The number of para-hydroxylation sites is 1. The molecule has 0 unspecified atom stereocenters. The number of amides is 2. The predicted molar refractivity (Wildman–Crippen MR) is 125 cm³/mol. The molecule has 0 spiro atoms. The summed E-state index contributed by atoms with van der Waals surface area (Å²) in [6.07, 6.45) is 2.13. The fraction of sp³-hybridized carbons (Fsp3) is 0.280. The minimum atomic E-state index is -0.0760. The predicted octanol–water partition coefficient (Wildman–Crippen LogP) is 4.14. The first-order valence-corrected chi connectivity index (χ1v) is 11.6. The molecule has 2 aromatic carbocycles. The Balaban J connectivity index is 1.16. The van der Waals surface area contributed by atoms with Gasteiger partial charge in [0.2, 0.25) is 5.91 Å². The topological polar surface area (TPSA) is 61.4 Å². The van der Waals surface area contributed by atoms with Gasteiger partial charge in [-0.2, -0.15) is 0 Å². The molecule has 2 heterocycles. The number of carbonyl (C=O) groups is 2. The van der Waals surface area contributed by atoms with Crippen LogP contribution in [0.3, 0.4) is 0 Å². The van der Waals surface area contributed by atoms with Gasteiger partial charge in [0.15, 0.2) is 0 Å². The molecule has 6 heteroatoms. The minimum Gasteiger partial charge on any atom is -0.367 e. The summed E-state index contributed by atoms with van der Waals surface area (Å²) in [6.45, 7) is 2.98. The molecule has 0 saturated heterocycles. The van der Waals surface area contributed by atoms with Gasteiger partial charge in [0.05, 0.1) is 4.88 Å². The van der Waals surface area contributed by atoms with E-state index < -0.39 is 0 Å². The van der Waals surface area contributed by atoms with Gasteiger partial charge in [-0.1, -0.05) is 48.5 Å². The van der Waals surface area contributed by atoms with Gasteiger partial charge in [-0.3, -0.25) is 9.59 Å². The Labute approximate surface area is 187 Å². The van der Waals surface area contributed by atoms with Gasteiger partial charge in [-0.15, -0.1) is 11.3 Å². The second-order valence-electron chi connectivity index (χ2n) is 7.73. The van der Waals surface area contributed by atoms with Gasteiger partial charge in [-0.05, 0) is 47.0 Å². The molecule has 0 atom stereocenters. The van der Waals surface area contributed by atoms with Crippen LogP contribution in [0.15, 0.2) is 66.0 Å². The number of anilines is 1. The van der Waals surface area contributed by atoms with Crippen molar-refractivity contribution >= 4 is 28.8 Å². The summed E-state index contributed by atoms with van der Waals surface area (Å²) in [5, 5.41) is 7.68. The van der Waals surface area contributed by atoms with Crippen molar-refractivity contribution in [3.8, 4) is 0 Å². The van der Waals surface area contributed by atoms with Gasteiger partial charge in [0, 0.05) is 38.3 Å². The first-order chi connectivity index (χ1) is 15.2. The van der Waals surface area contributed by atoms with Crippen LogP contribution in [-0.4, -0.2) is 24.9 Å². The summed E-state index contributed by atoms with van der Waals surface area (Å²) < 4.78 is 0. The van der Waals surface area contributed by atoms with Crippen molar-refractivity contribution in [2.24, 2.45) is 0 Å². The van der Waals surface area contributed by atoms with Crippen LogP contribution >= 0.6 is 11.3 Å². The summed E-state index contributed by atoms with van der Waals surface area (Å²) >= 11 is 1.41. The van der Waals surface area contributed by atoms with E-state index in [1.807, 2.05) is 11.4 Å². The van der Waals surface area contributed by atoms with E-state index in [4.69, 9.17) is 0 Å². The lowest BCUT2D eigenvalue weighted by atomic mass is 10.1. The van der Waals surface area contributed by atoms with Crippen molar-refractivity contribution in [3.05, 3.63) is 87.6 Å². The van der Waals surface area contributed by atoms with Gasteiger partial charge in [-0.25, -0.2) is 0 Å². The van der Waals surface area contributed by atoms with Crippen molar-refractivity contribution in [2.45, 2.75) is 32.4 Å². The minimum absolute atomic E-state index is 0.00289. The summed E-state index contributed by atoms with van der Waals surface area (Å²) in [5.74, 6) is -0.0731. The largest absolute Gasteiger partial charge is 0.367 e. The molecule has 3 aromatic rings. The van der Waals surface area contributed by atoms with Crippen LogP contribution in [0.4, 0.5) is 5.69 Å². The molecule has 2 N–H and O–H groups in total. The molecule has 1 aliphatic rings. The molecule has 0 saturated carbocycles. The summed E-state index contributed by atoms with van der Waals surface area (Å²) in [5.41, 5.74) is 5.12. The molecule has 31 heavy (non-hydrogen) atoms. The van der Waals surface area contributed by atoms with Gasteiger partial charge in [0.1, 0.15) is 0 Å². The van der Waals surface area contributed by atoms with Gasteiger partial charge >= 0.3 is 0 Å². The molecule has 0 fully saturated rings. The lowest BCUT2D eigenvalue weighted by Gasteiger charge is -2.19. The number of benzene rings is 2. The zero-order chi connectivity index (χ0) is 21.5. The number of hydrogen-bond donors (Lipinski definition) is 2. The van der Waals surface area contributed by atoms with Crippen LogP contribution in [0.25, 0.3) is 0 Å². The van der Waals surface area contributed by atoms with E-state index in [1.54, 1.807) is 6.07 Å². The molecule has 0 bridgehead atoms. The highest BCUT2D eigenvalue weighted by molar-refractivity contribution is 7.12. The van der Waals surface area contributed by atoms with E-state index in [2.05, 4.69) is 64.1 Å². The van der Waals surface area contributed by atoms with E-state index in [1.165, 1.54) is 28.2 Å². The van der Waals surface area contributed by atoms with Gasteiger partial charge < -0.3 is 15.5 Å². The van der Waals surface area contributed by atoms with E-state index in [0.29, 0.717) is 30.8 Å². The molecule has 0 aliphatic carbocycles. The molecule has 5 nitrogen and oxygen atoms in total. The highest BCUT2D eigenvalue weighted by atomic mass is 32.1. The maximum absolute atomic E-state index is 12.1. The fourth-order valence-electron chi connectivity index (χ4n) is 3.79. The highest BCUT2D eigenvalue weighted by Crippen LogP contribution is 2.28. The maximum atomic E-state index is 12.1.